The Kier molecular flexibility index (Phi) is 4.04. The fourth-order valence-corrected chi connectivity index (χ4v) is 2.51. The fourth-order valence-electron chi connectivity index (χ4n) is 0.974. The molecule has 0 radical (unpaired) electrons. The lowest BCUT2D eigenvalue weighted by molar-refractivity contribution is 0.192. The summed E-state index contributed by atoms with van der Waals surface area (Å²) >= 11 is 0. The van der Waals surface area contributed by atoms with Crippen LogP contribution in [0.3, 0.4) is 0 Å². The van der Waals surface area contributed by atoms with Crippen LogP contribution in [0.2, 0.25) is 19.6 Å². The summed E-state index contributed by atoms with van der Waals surface area (Å²) in [6.07, 6.45) is 2.23. The van der Waals surface area contributed by atoms with Crippen molar-refractivity contribution in [3.8, 4) is 0 Å². The standard InChI is InChI=1S/C9H20OSi/c1-8(2)7-9(10-3)11(4,5)6/h7,9H,1-6H3. The van der Waals surface area contributed by atoms with Gasteiger partial charge in [-0.2, -0.15) is 0 Å². The Morgan fingerprint density at radius 1 is 1.27 bits per heavy atom. The van der Waals surface area contributed by atoms with Gasteiger partial charge in [-0.05, 0) is 13.8 Å². The molecule has 0 spiro atoms. The predicted molar refractivity (Wildman–Crippen MR) is 53.6 cm³/mol. The van der Waals surface area contributed by atoms with Gasteiger partial charge < -0.3 is 4.74 Å². The first-order valence-corrected chi connectivity index (χ1v) is 7.63. The molecule has 0 heterocycles. The highest BCUT2D eigenvalue weighted by molar-refractivity contribution is 6.77. The van der Waals surface area contributed by atoms with Crippen LogP contribution >= 0.6 is 0 Å². The normalized spacial score (nSPS) is 14.4. The second-order valence-corrected chi connectivity index (χ2v) is 9.57. The number of rotatable bonds is 3. The molecule has 1 unspecified atom stereocenters. The maximum atomic E-state index is 5.41. The number of hydrogen-bond donors (Lipinski definition) is 0. The van der Waals surface area contributed by atoms with E-state index >= 15 is 0 Å². The first-order valence-electron chi connectivity index (χ1n) is 4.05. The maximum Gasteiger partial charge on any atom is 0.0834 e. The van der Waals surface area contributed by atoms with E-state index in [1.807, 2.05) is 0 Å². The second-order valence-electron chi connectivity index (χ2n) is 4.27. The summed E-state index contributed by atoms with van der Waals surface area (Å²) < 4.78 is 5.41. The summed E-state index contributed by atoms with van der Waals surface area (Å²) in [5, 5.41) is 0. The van der Waals surface area contributed by atoms with Gasteiger partial charge in [-0.1, -0.05) is 31.3 Å². The van der Waals surface area contributed by atoms with Crippen LogP contribution in [0.1, 0.15) is 13.8 Å². The van der Waals surface area contributed by atoms with Crippen molar-refractivity contribution in [3.05, 3.63) is 11.6 Å². The molecule has 0 aliphatic rings. The van der Waals surface area contributed by atoms with Gasteiger partial charge in [-0.3, -0.25) is 0 Å². The first kappa shape index (κ1) is 10.9. The third kappa shape index (κ3) is 4.38. The molecule has 1 nitrogen and oxygen atoms in total. The third-order valence-corrected chi connectivity index (χ3v) is 3.70. The Bertz CT molecular complexity index is 140. The minimum absolute atomic E-state index is 0.368. The van der Waals surface area contributed by atoms with E-state index in [-0.39, 0.29) is 0 Å². The van der Waals surface area contributed by atoms with Crippen molar-refractivity contribution in [1.82, 2.24) is 0 Å². The minimum atomic E-state index is -1.15. The average Bonchev–Trinajstić information content (AvgIpc) is 1.79. The van der Waals surface area contributed by atoms with E-state index in [0.717, 1.165) is 0 Å². The van der Waals surface area contributed by atoms with Crippen molar-refractivity contribution >= 4 is 8.07 Å². The van der Waals surface area contributed by atoms with Crippen LogP contribution in [0.25, 0.3) is 0 Å². The van der Waals surface area contributed by atoms with Gasteiger partial charge in [0.1, 0.15) is 0 Å². The topological polar surface area (TPSA) is 9.23 Å². The van der Waals surface area contributed by atoms with Gasteiger partial charge in [0.15, 0.2) is 0 Å². The van der Waals surface area contributed by atoms with Crippen LogP contribution in [-0.4, -0.2) is 20.9 Å². The summed E-state index contributed by atoms with van der Waals surface area (Å²) in [7, 11) is 0.646. The minimum Gasteiger partial charge on any atom is -0.381 e. The van der Waals surface area contributed by atoms with E-state index in [0.29, 0.717) is 5.73 Å². The first-order chi connectivity index (χ1) is 4.88. The molecule has 0 bridgehead atoms. The highest BCUT2D eigenvalue weighted by Gasteiger charge is 2.24. The molecule has 1 atom stereocenters. The molecule has 0 aromatic carbocycles. The van der Waals surface area contributed by atoms with Gasteiger partial charge in [0, 0.05) is 7.11 Å². The van der Waals surface area contributed by atoms with Crippen molar-refractivity contribution in [2.75, 3.05) is 7.11 Å². The zero-order valence-corrected chi connectivity index (χ0v) is 9.56. The van der Waals surface area contributed by atoms with E-state index < -0.39 is 8.07 Å². The van der Waals surface area contributed by atoms with E-state index in [9.17, 15) is 0 Å². The highest BCUT2D eigenvalue weighted by Crippen LogP contribution is 2.13. The molecule has 0 aliphatic heterocycles. The molecule has 0 fully saturated rings. The lowest BCUT2D eigenvalue weighted by atomic mass is 10.3. The van der Waals surface area contributed by atoms with Crippen LogP contribution in [-0.2, 0) is 4.74 Å². The summed E-state index contributed by atoms with van der Waals surface area (Å²) in [5.41, 5.74) is 1.71. The summed E-state index contributed by atoms with van der Waals surface area (Å²) in [4.78, 5) is 0. The Hall–Kier alpha value is -0.0831. The Morgan fingerprint density at radius 2 is 1.73 bits per heavy atom. The zero-order valence-electron chi connectivity index (χ0n) is 8.56. The average molecular weight is 172 g/mol. The lowest BCUT2D eigenvalue weighted by Crippen LogP contribution is -2.38. The number of allylic oxidation sites excluding steroid dienone is 1. The van der Waals surface area contributed by atoms with E-state index in [4.69, 9.17) is 4.74 Å². The highest BCUT2D eigenvalue weighted by atomic mass is 28.3. The van der Waals surface area contributed by atoms with Gasteiger partial charge in [-0.15, -0.1) is 0 Å². The summed E-state index contributed by atoms with van der Waals surface area (Å²) in [6.45, 7) is 11.2. The van der Waals surface area contributed by atoms with E-state index in [1.54, 1.807) is 7.11 Å². The molecule has 0 saturated carbocycles. The Labute approximate surface area is 71.5 Å². The van der Waals surface area contributed by atoms with Crippen molar-refractivity contribution in [3.63, 3.8) is 0 Å². The molecule has 0 saturated heterocycles. The largest absolute Gasteiger partial charge is 0.381 e. The van der Waals surface area contributed by atoms with Crippen LogP contribution in [0.5, 0.6) is 0 Å². The van der Waals surface area contributed by atoms with Gasteiger partial charge in [-0.25, -0.2) is 0 Å². The molecule has 66 valence electrons. The van der Waals surface area contributed by atoms with Gasteiger partial charge >= 0.3 is 0 Å². The maximum absolute atomic E-state index is 5.41. The van der Waals surface area contributed by atoms with Crippen molar-refractivity contribution < 1.29 is 4.74 Å². The van der Waals surface area contributed by atoms with Crippen LogP contribution in [0.15, 0.2) is 11.6 Å². The molecule has 11 heavy (non-hydrogen) atoms. The van der Waals surface area contributed by atoms with Crippen molar-refractivity contribution in [1.29, 1.82) is 0 Å². The molecule has 0 aliphatic carbocycles. The Balaban J connectivity index is 4.31. The summed E-state index contributed by atoms with van der Waals surface area (Å²) in [6, 6.07) is 0. The number of methoxy groups -OCH3 is 1. The molecule has 0 aromatic rings. The lowest BCUT2D eigenvalue weighted by Gasteiger charge is -2.24. The number of hydrogen-bond acceptors (Lipinski definition) is 1. The third-order valence-electron chi connectivity index (χ3n) is 1.59. The zero-order chi connectivity index (χ0) is 9.07. The molecular weight excluding hydrogens is 152 g/mol. The molecule has 0 aromatic heterocycles. The summed E-state index contributed by atoms with van der Waals surface area (Å²) in [5.74, 6) is 0. The Morgan fingerprint density at radius 3 is 1.82 bits per heavy atom. The fraction of sp³-hybridized carbons (Fsp3) is 0.778. The smallest absolute Gasteiger partial charge is 0.0834 e. The van der Waals surface area contributed by atoms with Crippen LogP contribution < -0.4 is 0 Å². The predicted octanol–water partition coefficient (Wildman–Crippen LogP) is 2.85. The molecule has 0 rings (SSSR count). The van der Waals surface area contributed by atoms with Gasteiger partial charge in [0.2, 0.25) is 0 Å². The van der Waals surface area contributed by atoms with Crippen LogP contribution in [0.4, 0.5) is 0 Å². The van der Waals surface area contributed by atoms with Crippen LogP contribution in [0, 0.1) is 0 Å². The van der Waals surface area contributed by atoms with Crippen molar-refractivity contribution in [2.45, 2.75) is 39.2 Å². The second kappa shape index (κ2) is 4.07. The van der Waals surface area contributed by atoms with E-state index in [2.05, 4.69) is 39.6 Å². The van der Waals surface area contributed by atoms with Crippen molar-refractivity contribution in [2.24, 2.45) is 0 Å². The molecule has 0 amide bonds. The molecular formula is C9H20OSi. The molecule has 0 N–H and O–H groups in total. The SMILES string of the molecule is COC(C=C(C)C)[Si](C)(C)C. The quantitative estimate of drug-likeness (QED) is 0.470. The monoisotopic (exact) mass is 172 g/mol. The number of ether oxygens (including phenoxy) is 1. The molecule has 2 heteroatoms. The van der Waals surface area contributed by atoms with E-state index in [1.165, 1.54) is 5.57 Å². The van der Waals surface area contributed by atoms with Gasteiger partial charge in [0.05, 0.1) is 13.8 Å². The van der Waals surface area contributed by atoms with Gasteiger partial charge in [0.25, 0.3) is 0 Å².